The number of rotatable bonds is 3. The highest BCUT2D eigenvalue weighted by molar-refractivity contribution is 7.89. The van der Waals surface area contributed by atoms with Gasteiger partial charge >= 0.3 is 6.18 Å². The van der Waals surface area contributed by atoms with Gasteiger partial charge in [-0.15, -0.1) is 0 Å². The van der Waals surface area contributed by atoms with Crippen molar-refractivity contribution in [3.63, 3.8) is 0 Å². The number of sulfonamides is 1. The van der Waals surface area contributed by atoms with Crippen molar-refractivity contribution in [2.45, 2.75) is 30.5 Å². The maximum Gasteiger partial charge on any atom is 0.416 e. The fourth-order valence-corrected chi connectivity index (χ4v) is 5.29. The molecule has 0 aliphatic carbocycles. The molecule has 5 nitrogen and oxygen atoms in total. The molecule has 3 aromatic rings. The molecule has 1 aliphatic rings. The number of benzene rings is 2. The van der Waals surface area contributed by atoms with Crippen LogP contribution in [0.25, 0.3) is 11.0 Å². The first-order valence-corrected chi connectivity index (χ1v) is 10.2. The van der Waals surface area contributed by atoms with E-state index in [1.807, 2.05) is 35.8 Å². The van der Waals surface area contributed by atoms with Crippen molar-refractivity contribution >= 4 is 21.1 Å². The highest BCUT2D eigenvalue weighted by atomic mass is 32.2. The summed E-state index contributed by atoms with van der Waals surface area (Å²) in [6, 6.07) is 11.4. The Morgan fingerprint density at radius 2 is 1.86 bits per heavy atom. The fraction of sp³-hybridized carbons (Fsp3) is 0.316. The average molecular weight is 409 g/mol. The maximum atomic E-state index is 13.0. The molecule has 0 amide bonds. The Hall–Kier alpha value is -2.39. The molecule has 0 N–H and O–H groups in total. The molecule has 28 heavy (non-hydrogen) atoms. The molecule has 1 saturated heterocycles. The molecular formula is C19H18F3N3O2S. The summed E-state index contributed by atoms with van der Waals surface area (Å²) in [5.74, 6) is 0.782. The summed E-state index contributed by atoms with van der Waals surface area (Å²) in [6.07, 6.45) is -4.02. The van der Waals surface area contributed by atoms with Gasteiger partial charge in [0.1, 0.15) is 5.82 Å². The summed E-state index contributed by atoms with van der Waals surface area (Å²) >= 11 is 0. The van der Waals surface area contributed by atoms with Crippen molar-refractivity contribution in [3.05, 3.63) is 59.9 Å². The highest BCUT2D eigenvalue weighted by Crippen LogP contribution is 2.34. The smallest absolute Gasteiger partial charge is 0.324 e. The third-order valence-corrected chi connectivity index (χ3v) is 6.92. The molecule has 2 aromatic carbocycles. The van der Waals surface area contributed by atoms with Crippen molar-refractivity contribution < 1.29 is 21.6 Å². The number of para-hydroxylation sites is 2. The summed E-state index contributed by atoms with van der Waals surface area (Å²) in [7, 11) is -4.01. The molecule has 4 rings (SSSR count). The SMILES string of the molecule is Cc1nc2ccccc2n1[C@@H]1CCN(S(=O)(=O)c2cccc(C(F)(F)F)c2)C1. The Balaban J connectivity index is 1.64. The van der Waals surface area contributed by atoms with E-state index in [2.05, 4.69) is 4.98 Å². The first-order chi connectivity index (χ1) is 13.2. The second-order valence-corrected chi connectivity index (χ2v) is 8.79. The summed E-state index contributed by atoms with van der Waals surface area (Å²) in [5, 5.41) is 0. The van der Waals surface area contributed by atoms with E-state index in [0.717, 1.165) is 29.0 Å². The van der Waals surface area contributed by atoms with Gasteiger partial charge in [-0.2, -0.15) is 17.5 Å². The van der Waals surface area contributed by atoms with Gasteiger partial charge in [-0.05, 0) is 43.7 Å². The van der Waals surface area contributed by atoms with E-state index < -0.39 is 21.8 Å². The predicted molar refractivity (Wildman–Crippen MR) is 98.3 cm³/mol. The van der Waals surface area contributed by atoms with Gasteiger partial charge in [-0.3, -0.25) is 0 Å². The van der Waals surface area contributed by atoms with Crippen molar-refractivity contribution in [2.75, 3.05) is 13.1 Å². The number of hydrogen-bond donors (Lipinski definition) is 0. The van der Waals surface area contributed by atoms with Gasteiger partial charge < -0.3 is 4.57 Å². The molecular weight excluding hydrogens is 391 g/mol. The molecule has 0 radical (unpaired) electrons. The fourth-order valence-electron chi connectivity index (χ4n) is 3.75. The van der Waals surface area contributed by atoms with Gasteiger partial charge in [0.2, 0.25) is 10.0 Å². The van der Waals surface area contributed by atoms with Crippen LogP contribution >= 0.6 is 0 Å². The van der Waals surface area contributed by atoms with Gasteiger partial charge in [0, 0.05) is 13.1 Å². The van der Waals surface area contributed by atoms with Crippen LogP contribution in [0.4, 0.5) is 13.2 Å². The summed E-state index contributed by atoms with van der Waals surface area (Å²) in [4.78, 5) is 4.17. The van der Waals surface area contributed by atoms with Gasteiger partial charge in [-0.1, -0.05) is 18.2 Å². The molecule has 0 saturated carbocycles. The van der Waals surface area contributed by atoms with Gasteiger partial charge in [0.05, 0.1) is 27.5 Å². The van der Waals surface area contributed by atoms with Crippen molar-refractivity contribution in [2.24, 2.45) is 0 Å². The average Bonchev–Trinajstić information content (AvgIpc) is 3.25. The minimum absolute atomic E-state index is 0.118. The lowest BCUT2D eigenvalue weighted by molar-refractivity contribution is -0.137. The van der Waals surface area contributed by atoms with E-state index in [1.54, 1.807) is 0 Å². The van der Waals surface area contributed by atoms with Crippen LogP contribution in [-0.4, -0.2) is 35.4 Å². The molecule has 2 heterocycles. The monoisotopic (exact) mass is 409 g/mol. The first kappa shape index (κ1) is 18.9. The Morgan fingerprint density at radius 3 is 2.61 bits per heavy atom. The minimum Gasteiger partial charge on any atom is -0.324 e. The van der Waals surface area contributed by atoms with Gasteiger partial charge in [0.15, 0.2) is 0 Å². The van der Waals surface area contributed by atoms with E-state index in [-0.39, 0.29) is 24.0 Å². The van der Waals surface area contributed by atoms with Gasteiger partial charge in [-0.25, -0.2) is 13.4 Å². The van der Waals surface area contributed by atoms with Crippen LogP contribution in [0, 0.1) is 6.92 Å². The summed E-state index contributed by atoms with van der Waals surface area (Å²) in [6.45, 7) is 2.30. The number of fused-ring (bicyclic) bond motifs is 1. The zero-order chi connectivity index (χ0) is 20.1. The molecule has 0 bridgehead atoms. The number of alkyl halides is 3. The van der Waals surface area contributed by atoms with Crippen molar-refractivity contribution in [3.8, 4) is 0 Å². The summed E-state index contributed by atoms with van der Waals surface area (Å²) in [5.41, 5.74) is 0.781. The maximum absolute atomic E-state index is 13.0. The normalized spacial score (nSPS) is 18.8. The number of hydrogen-bond acceptors (Lipinski definition) is 3. The zero-order valence-corrected chi connectivity index (χ0v) is 15.8. The lowest BCUT2D eigenvalue weighted by atomic mass is 10.2. The standard InChI is InChI=1S/C19H18F3N3O2S/c1-13-23-17-7-2-3-8-18(17)25(13)15-9-10-24(12-15)28(26,27)16-6-4-5-14(11-16)19(20,21)22/h2-8,11,15H,9-10,12H2,1H3/t15-/m1/s1. The number of halogens is 3. The molecule has 0 spiro atoms. The number of imidazole rings is 1. The third kappa shape index (κ3) is 3.18. The third-order valence-electron chi connectivity index (χ3n) is 5.06. The topological polar surface area (TPSA) is 55.2 Å². The molecule has 148 valence electrons. The Labute approximate surface area is 160 Å². The quantitative estimate of drug-likeness (QED) is 0.657. The van der Waals surface area contributed by atoms with Crippen LogP contribution in [0.3, 0.4) is 0 Å². The van der Waals surface area contributed by atoms with Crippen LogP contribution in [0.1, 0.15) is 23.9 Å². The molecule has 1 aromatic heterocycles. The Morgan fingerprint density at radius 1 is 1.11 bits per heavy atom. The van der Waals surface area contributed by atoms with Crippen LogP contribution in [0.5, 0.6) is 0 Å². The lowest BCUT2D eigenvalue weighted by Crippen LogP contribution is -2.29. The second kappa shape index (κ2) is 6.59. The van der Waals surface area contributed by atoms with E-state index in [1.165, 1.54) is 10.4 Å². The van der Waals surface area contributed by atoms with E-state index in [4.69, 9.17) is 0 Å². The van der Waals surface area contributed by atoms with Crippen molar-refractivity contribution in [1.29, 1.82) is 0 Å². The van der Waals surface area contributed by atoms with Crippen LogP contribution in [0.15, 0.2) is 53.4 Å². The Bertz CT molecular complexity index is 1140. The van der Waals surface area contributed by atoms with Crippen LogP contribution < -0.4 is 0 Å². The molecule has 1 aliphatic heterocycles. The number of aryl methyl sites for hydroxylation is 1. The van der Waals surface area contributed by atoms with Crippen molar-refractivity contribution in [1.82, 2.24) is 13.9 Å². The Kier molecular flexibility index (Phi) is 4.46. The minimum atomic E-state index is -4.59. The van der Waals surface area contributed by atoms with E-state index in [0.29, 0.717) is 12.5 Å². The summed E-state index contributed by atoms with van der Waals surface area (Å²) < 4.78 is 67.9. The zero-order valence-electron chi connectivity index (χ0n) is 15.0. The molecule has 0 unspecified atom stereocenters. The second-order valence-electron chi connectivity index (χ2n) is 6.85. The van der Waals surface area contributed by atoms with Gasteiger partial charge in [0.25, 0.3) is 0 Å². The lowest BCUT2D eigenvalue weighted by Gasteiger charge is -2.19. The molecule has 1 atom stereocenters. The van der Waals surface area contributed by atoms with Crippen LogP contribution in [0.2, 0.25) is 0 Å². The number of nitrogens with zero attached hydrogens (tertiary/aromatic N) is 3. The van der Waals surface area contributed by atoms with Crippen LogP contribution in [-0.2, 0) is 16.2 Å². The molecule has 9 heteroatoms. The van der Waals surface area contributed by atoms with E-state index >= 15 is 0 Å². The first-order valence-electron chi connectivity index (χ1n) is 8.79. The number of aromatic nitrogens is 2. The predicted octanol–water partition coefficient (Wildman–Crippen LogP) is 4.00. The largest absolute Gasteiger partial charge is 0.416 e. The highest BCUT2D eigenvalue weighted by Gasteiger charge is 2.36. The molecule has 1 fully saturated rings. The van der Waals surface area contributed by atoms with E-state index in [9.17, 15) is 21.6 Å².